The van der Waals surface area contributed by atoms with Crippen LogP contribution in [0.4, 0.5) is 8.78 Å². The van der Waals surface area contributed by atoms with E-state index in [0.717, 1.165) is 56.1 Å². The Labute approximate surface area is 163 Å². The third-order valence-corrected chi connectivity index (χ3v) is 5.45. The number of aryl methyl sites for hydroxylation is 1. The molecule has 1 aliphatic rings. The zero-order chi connectivity index (χ0) is 19.7. The number of benzene rings is 1. The molecule has 1 unspecified atom stereocenters. The summed E-state index contributed by atoms with van der Waals surface area (Å²) >= 11 is 0. The van der Waals surface area contributed by atoms with E-state index in [-0.39, 0.29) is 6.04 Å². The molecule has 1 N–H and O–H groups in total. The number of nitrogens with zero attached hydrogens (tertiary/aromatic N) is 4. The number of fused-ring (bicyclic) bond motifs is 1. The fourth-order valence-electron chi connectivity index (χ4n) is 3.98. The third kappa shape index (κ3) is 3.58. The molecule has 0 saturated carbocycles. The molecule has 3 aromatic rings. The second-order valence-corrected chi connectivity index (χ2v) is 7.39. The molecule has 1 aromatic carbocycles. The molecule has 5 nitrogen and oxygen atoms in total. The summed E-state index contributed by atoms with van der Waals surface area (Å²) in [5.74, 6) is -1.19. The van der Waals surface area contributed by atoms with Crippen LogP contribution < -0.4 is 5.32 Å². The predicted molar refractivity (Wildman–Crippen MR) is 103 cm³/mol. The van der Waals surface area contributed by atoms with Crippen molar-refractivity contribution in [2.75, 3.05) is 0 Å². The first-order valence-corrected chi connectivity index (χ1v) is 9.84. The Morgan fingerprint density at radius 1 is 1.14 bits per heavy atom. The number of rotatable bonds is 6. The molecule has 0 saturated heterocycles. The summed E-state index contributed by atoms with van der Waals surface area (Å²) in [4.78, 5) is 0. The van der Waals surface area contributed by atoms with E-state index in [4.69, 9.17) is 0 Å². The second-order valence-electron chi connectivity index (χ2n) is 7.39. The summed E-state index contributed by atoms with van der Waals surface area (Å²) in [6.45, 7) is 5.91. The first-order chi connectivity index (χ1) is 13.6. The lowest BCUT2D eigenvalue weighted by Crippen LogP contribution is -2.25. The smallest absolute Gasteiger partial charge is 0.128 e. The Morgan fingerprint density at radius 2 is 1.93 bits per heavy atom. The molecule has 0 bridgehead atoms. The quantitative estimate of drug-likeness (QED) is 0.691. The Morgan fingerprint density at radius 3 is 2.68 bits per heavy atom. The third-order valence-electron chi connectivity index (χ3n) is 5.45. The van der Waals surface area contributed by atoms with Gasteiger partial charge in [0.15, 0.2) is 0 Å². The van der Waals surface area contributed by atoms with Crippen molar-refractivity contribution in [1.29, 1.82) is 0 Å². The van der Waals surface area contributed by atoms with E-state index in [1.165, 1.54) is 23.4 Å². The van der Waals surface area contributed by atoms with Gasteiger partial charge in [0.2, 0.25) is 0 Å². The van der Waals surface area contributed by atoms with Crippen LogP contribution in [0.15, 0.2) is 30.6 Å². The standard InChI is InChI=1S/C21H25F2N5/c1-3-7-27-14(2)15(12-25-27)11-24-20-5-4-6-21-19(20)13-26-28(21)18-9-16(22)8-17(23)10-18/h8-10,12-13,20,24H,3-7,11H2,1-2H3. The Hall–Kier alpha value is -2.54. The first kappa shape index (κ1) is 18.8. The molecule has 148 valence electrons. The molecule has 0 aliphatic heterocycles. The Kier molecular flexibility index (Phi) is 5.26. The number of hydrogen-bond acceptors (Lipinski definition) is 3. The van der Waals surface area contributed by atoms with Gasteiger partial charge in [0, 0.05) is 47.7 Å². The highest BCUT2D eigenvalue weighted by molar-refractivity contribution is 5.38. The highest BCUT2D eigenvalue weighted by atomic mass is 19.1. The van der Waals surface area contributed by atoms with Crippen molar-refractivity contribution in [2.45, 2.75) is 58.7 Å². The lowest BCUT2D eigenvalue weighted by atomic mass is 9.92. The van der Waals surface area contributed by atoms with E-state index in [2.05, 4.69) is 29.4 Å². The molecule has 0 fully saturated rings. The van der Waals surface area contributed by atoms with Gasteiger partial charge in [-0.05, 0) is 44.7 Å². The van der Waals surface area contributed by atoms with Crippen LogP contribution in [-0.4, -0.2) is 19.6 Å². The summed E-state index contributed by atoms with van der Waals surface area (Å²) in [7, 11) is 0. The predicted octanol–water partition coefficient (Wildman–Crippen LogP) is 4.23. The second kappa shape index (κ2) is 7.83. The highest BCUT2D eigenvalue weighted by Gasteiger charge is 2.25. The molecule has 2 heterocycles. The van der Waals surface area contributed by atoms with Gasteiger partial charge in [0.05, 0.1) is 18.1 Å². The van der Waals surface area contributed by atoms with Gasteiger partial charge in [-0.3, -0.25) is 4.68 Å². The van der Waals surface area contributed by atoms with E-state index in [1.807, 2.05) is 17.1 Å². The molecule has 1 aliphatic carbocycles. The maximum atomic E-state index is 13.6. The molecule has 4 rings (SSSR count). The zero-order valence-electron chi connectivity index (χ0n) is 16.3. The summed E-state index contributed by atoms with van der Waals surface area (Å²) in [6.07, 6.45) is 7.67. The SMILES string of the molecule is CCCn1ncc(CNC2CCCc3c2cnn3-c2cc(F)cc(F)c2)c1C. The van der Waals surface area contributed by atoms with Crippen LogP contribution in [0, 0.1) is 18.6 Å². The van der Waals surface area contributed by atoms with Crippen molar-refractivity contribution < 1.29 is 8.78 Å². The average molecular weight is 385 g/mol. The van der Waals surface area contributed by atoms with E-state index in [1.54, 1.807) is 4.68 Å². The molecule has 0 spiro atoms. The summed E-state index contributed by atoms with van der Waals surface area (Å²) < 4.78 is 31.0. The van der Waals surface area contributed by atoms with Crippen molar-refractivity contribution in [3.05, 3.63) is 64.7 Å². The Balaban J connectivity index is 1.54. The van der Waals surface area contributed by atoms with Crippen LogP contribution in [0.1, 0.15) is 54.7 Å². The lowest BCUT2D eigenvalue weighted by Gasteiger charge is -2.24. The molecule has 0 amide bonds. The molecular formula is C21H25F2N5. The van der Waals surface area contributed by atoms with E-state index < -0.39 is 11.6 Å². The lowest BCUT2D eigenvalue weighted by molar-refractivity contribution is 0.453. The minimum atomic E-state index is -0.593. The van der Waals surface area contributed by atoms with Crippen LogP contribution in [0.2, 0.25) is 0 Å². The fourth-order valence-corrected chi connectivity index (χ4v) is 3.98. The number of halogens is 2. The monoisotopic (exact) mass is 385 g/mol. The van der Waals surface area contributed by atoms with Gasteiger partial charge in [0.25, 0.3) is 0 Å². The minimum absolute atomic E-state index is 0.171. The maximum absolute atomic E-state index is 13.6. The van der Waals surface area contributed by atoms with Crippen molar-refractivity contribution in [3.63, 3.8) is 0 Å². The number of aromatic nitrogens is 4. The van der Waals surface area contributed by atoms with Crippen molar-refractivity contribution in [2.24, 2.45) is 0 Å². The van der Waals surface area contributed by atoms with Gasteiger partial charge in [-0.25, -0.2) is 13.5 Å². The summed E-state index contributed by atoms with van der Waals surface area (Å²) in [5, 5.41) is 12.5. The summed E-state index contributed by atoms with van der Waals surface area (Å²) in [5.41, 5.74) is 4.94. The van der Waals surface area contributed by atoms with Crippen LogP contribution >= 0.6 is 0 Å². The normalized spacial score (nSPS) is 16.4. The van der Waals surface area contributed by atoms with Gasteiger partial charge in [-0.1, -0.05) is 6.92 Å². The van der Waals surface area contributed by atoms with Crippen LogP contribution in [-0.2, 0) is 19.5 Å². The molecule has 7 heteroatoms. The largest absolute Gasteiger partial charge is 0.306 e. The highest BCUT2D eigenvalue weighted by Crippen LogP contribution is 2.31. The number of nitrogens with one attached hydrogen (secondary N) is 1. The van der Waals surface area contributed by atoms with Crippen molar-refractivity contribution in [3.8, 4) is 5.69 Å². The summed E-state index contributed by atoms with van der Waals surface area (Å²) in [6, 6.07) is 3.69. The van der Waals surface area contributed by atoms with Gasteiger partial charge in [-0.2, -0.15) is 10.2 Å². The van der Waals surface area contributed by atoms with E-state index in [0.29, 0.717) is 5.69 Å². The average Bonchev–Trinajstić information content (AvgIpc) is 3.24. The zero-order valence-corrected chi connectivity index (χ0v) is 16.3. The van der Waals surface area contributed by atoms with Crippen LogP contribution in [0.25, 0.3) is 5.69 Å². The van der Waals surface area contributed by atoms with E-state index in [9.17, 15) is 8.78 Å². The Bertz CT molecular complexity index is 955. The van der Waals surface area contributed by atoms with Crippen molar-refractivity contribution >= 4 is 0 Å². The molecule has 1 atom stereocenters. The number of hydrogen-bond donors (Lipinski definition) is 1. The van der Waals surface area contributed by atoms with Crippen LogP contribution in [0.5, 0.6) is 0 Å². The van der Waals surface area contributed by atoms with Gasteiger partial charge in [0.1, 0.15) is 11.6 Å². The maximum Gasteiger partial charge on any atom is 0.128 e. The molecule has 28 heavy (non-hydrogen) atoms. The van der Waals surface area contributed by atoms with Crippen LogP contribution in [0.3, 0.4) is 0 Å². The van der Waals surface area contributed by atoms with Gasteiger partial charge < -0.3 is 5.32 Å². The van der Waals surface area contributed by atoms with E-state index >= 15 is 0 Å². The fraction of sp³-hybridized carbons (Fsp3) is 0.429. The van der Waals surface area contributed by atoms with Gasteiger partial charge in [-0.15, -0.1) is 0 Å². The topological polar surface area (TPSA) is 47.7 Å². The first-order valence-electron chi connectivity index (χ1n) is 9.84. The van der Waals surface area contributed by atoms with Gasteiger partial charge >= 0.3 is 0 Å². The molecular weight excluding hydrogens is 360 g/mol. The molecule has 2 aromatic heterocycles. The minimum Gasteiger partial charge on any atom is -0.306 e. The van der Waals surface area contributed by atoms with Crippen molar-refractivity contribution in [1.82, 2.24) is 24.9 Å². The molecule has 0 radical (unpaired) electrons.